The van der Waals surface area contributed by atoms with Crippen LogP contribution in [0.15, 0.2) is 36.4 Å². The molecule has 0 heterocycles. The van der Waals surface area contributed by atoms with Crippen LogP contribution in [-0.4, -0.2) is 5.97 Å². The molecule has 5 heteroatoms. The van der Waals surface area contributed by atoms with Crippen molar-refractivity contribution in [3.63, 3.8) is 0 Å². The van der Waals surface area contributed by atoms with Crippen molar-refractivity contribution in [2.45, 2.75) is 13.1 Å². The molecule has 0 spiro atoms. The summed E-state index contributed by atoms with van der Waals surface area (Å²) in [6.45, 7) is 4.74. The lowest BCUT2D eigenvalue weighted by atomic mass is 10.2. The predicted molar refractivity (Wildman–Crippen MR) is 51.9 cm³/mol. The molecule has 1 rings (SSSR count). The van der Waals surface area contributed by atoms with E-state index < -0.39 is 17.7 Å². The highest BCUT2D eigenvalue weighted by Gasteiger charge is 2.30. The van der Waals surface area contributed by atoms with E-state index in [0.717, 1.165) is 12.1 Å². The van der Waals surface area contributed by atoms with Crippen LogP contribution in [0, 0.1) is 0 Å². The van der Waals surface area contributed by atoms with Crippen molar-refractivity contribution in [1.29, 1.82) is 0 Å². The zero-order valence-corrected chi connectivity index (χ0v) is 8.47. The lowest BCUT2D eigenvalue weighted by molar-refractivity contribution is -0.138. The summed E-state index contributed by atoms with van der Waals surface area (Å²) in [7, 11) is 0. The van der Waals surface area contributed by atoms with E-state index in [1.807, 2.05) is 0 Å². The van der Waals surface area contributed by atoms with Gasteiger partial charge < -0.3 is 4.74 Å². The van der Waals surface area contributed by atoms with Gasteiger partial charge in [0.1, 0.15) is 5.75 Å². The number of carbonyl (C=O) groups excluding carboxylic acids is 1. The maximum Gasteiger partial charge on any atom is 0.416 e. The fraction of sp³-hybridized carbons (Fsp3) is 0.182. The first-order chi connectivity index (χ1) is 7.30. The minimum Gasteiger partial charge on any atom is -0.423 e. The molecule has 1 aromatic rings. The topological polar surface area (TPSA) is 26.3 Å². The SMILES string of the molecule is C=C(C)C(=O)Oc1cccc(C(F)(F)F)c1. The summed E-state index contributed by atoms with van der Waals surface area (Å²) in [4.78, 5) is 11.1. The van der Waals surface area contributed by atoms with Crippen molar-refractivity contribution < 1.29 is 22.7 Å². The Bertz CT molecular complexity index is 421. The lowest BCUT2D eigenvalue weighted by Crippen LogP contribution is -2.10. The smallest absolute Gasteiger partial charge is 0.416 e. The van der Waals surface area contributed by atoms with Crippen molar-refractivity contribution in [2.75, 3.05) is 0 Å². The quantitative estimate of drug-likeness (QED) is 0.443. The molecule has 16 heavy (non-hydrogen) atoms. The van der Waals surface area contributed by atoms with Gasteiger partial charge in [-0.3, -0.25) is 0 Å². The van der Waals surface area contributed by atoms with E-state index in [0.29, 0.717) is 0 Å². The van der Waals surface area contributed by atoms with Gasteiger partial charge in [-0.15, -0.1) is 0 Å². The van der Waals surface area contributed by atoms with Crippen LogP contribution in [0.4, 0.5) is 13.2 Å². The Morgan fingerprint density at radius 3 is 2.50 bits per heavy atom. The van der Waals surface area contributed by atoms with Gasteiger partial charge in [0.15, 0.2) is 0 Å². The summed E-state index contributed by atoms with van der Waals surface area (Å²) in [5.74, 6) is -0.901. The van der Waals surface area contributed by atoms with E-state index in [9.17, 15) is 18.0 Å². The molecule has 0 atom stereocenters. The van der Waals surface area contributed by atoms with Crippen LogP contribution >= 0.6 is 0 Å². The van der Waals surface area contributed by atoms with E-state index in [2.05, 4.69) is 11.3 Å². The van der Waals surface area contributed by atoms with Crippen LogP contribution < -0.4 is 4.74 Å². The Labute approximate surface area is 90.3 Å². The fourth-order valence-electron chi connectivity index (χ4n) is 0.930. The number of rotatable bonds is 2. The van der Waals surface area contributed by atoms with Crippen molar-refractivity contribution in [1.82, 2.24) is 0 Å². The monoisotopic (exact) mass is 230 g/mol. The van der Waals surface area contributed by atoms with Gasteiger partial charge in [0.25, 0.3) is 0 Å². The van der Waals surface area contributed by atoms with Gasteiger partial charge in [-0.05, 0) is 25.1 Å². The summed E-state index contributed by atoms with van der Waals surface area (Å²) in [5.41, 5.74) is -0.739. The third kappa shape index (κ3) is 3.12. The normalized spacial score (nSPS) is 11.0. The van der Waals surface area contributed by atoms with E-state index in [4.69, 9.17) is 0 Å². The Hall–Kier alpha value is -1.78. The molecular weight excluding hydrogens is 221 g/mol. The molecule has 0 fully saturated rings. The molecule has 0 unspecified atom stereocenters. The number of hydrogen-bond donors (Lipinski definition) is 0. The van der Waals surface area contributed by atoms with Crippen LogP contribution in [0.1, 0.15) is 12.5 Å². The van der Waals surface area contributed by atoms with Gasteiger partial charge in [0, 0.05) is 5.57 Å². The Balaban J connectivity index is 2.92. The van der Waals surface area contributed by atoms with Gasteiger partial charge in [0.2, 0.25) is 0 Å². The van der Waals surface area contributed by atoms with E-state index in [1.54, 1.807) is 0 Å². The highest BCUT2D eigenvalue weighted by molar-refractivity contribution is 5.88. The Morgan fingerprint density at radius 2 is 2.00 bits per heavy atom. The maximum absolute atomic E-state index is 12.3. The van der Waals surface area contributed by atoms with Crippen LogP contribution in [0.5, 0.6) is 5.75 Å². The molecule has 0 aliphatic rings. The minimum atomic E-state index is -4.45. The average Bonchev–Trinajstić information content (AvgIpc) is 2.16. The summed E-state index contributed by atoms with van der Waals surface area (Å²) in [5, 5.41) is 0. The predicted octanol–water partition coefficient (Wildman–Crippen LogP) is 3.19. The number of halogens is 3. The van der Waals surface area contributed by atoms with Crippen molar-refractivity contribution in [2.24, 2.45) is 0 Å². The maximum atomic E-state index is 12.3. The Morgan fingerprint density at radius 1 is 1.38 bits per heavy atom. The minimum absolute atomic E-state index is 0.123. The summed E-state index contributed by atoms with van der Waals surface area (Å²) >= 11 is 0. The number of benzene rings is 1. The standard InChI is InChI=1S/C11H9F3O2/c1-7(2)10(15)16-9-5-3-4-8(6-9)11(12,13)14/h3-6H,1H2,2H3. The first-order valence-corrected chi connectivity index (χ1v) is 4.35. The molecule has 0 aliphatic heterocycles. The average molecular weight is 230 g/mol. The highest BCUT2D eigenvalue weighted by atomic mass is 19.4. The van der Waals surface area contributed by atoms with Crippen LogP contribution in [0.25, 0.3) is 0 Å². The molecule has 0 aliphatic carbocycles. The molecule has 0 saturated heterocycles. The Kier molecular flexibility index (Phi) is 3.37. The van der Waals surface area contributed by atoms with E-state index in [-0.39, 0.29) is 11.3 Å². The molecule has 0 bridgehead atoms. The van der Waals surface area contributed by atoms with Crippen LogP contribution in [-0.2, 0) is 11.0 Å². The van der Waals surface area contributed by atoms with Crippen molar-refractivity contribution >= 4 is 5.97 Å². The largest absolute Gasteiger partial charge is 0.423 e. The zero-order chi connectivity index (χ0) is 12.3. The second-order valence-electron chi connectivity index (χ2n) is 3.20. The number of esters is 1. The molecular formula is C11H9F3O2. The molecule has 0 N–H and O–H groups in total. The van der Waals surface area contributed by atoms with Gasteiger partial charge >= 0.3 is 12.1 Å². The first kappa shape index (κ1) is 12.3. The van der Waals surface area contributed by atoms with Gasteiger partial charge in [0.05, 0.1) is 5.56 Å². The fourth-order valence-corrected chi connectivity index (χ4v) is 0.930. The zero-order valence-electron chi connectivity index (χ0n) is 8.47. The van der Waals surface area contributed by atoms with Gasteiger partial charge in [-0.2, -0.15) is 13.2 Å². The number of ether oxygens (including phenoxy) is 1. The summed E-state index contributed by atoms with van der Waals surface area (Å²) in [6, 6.07) is 4.11. The lowest BCUT2D eigenvalue weighted by Gasteiger charge is -2.08. The third-order valence-corrected chi connectivity index (χ3v) is 1.72. The van der Waals surface area contributed by atoms with Crippen molar-refractivity contribution in [3.8, 4) is 5.75 Å². The molecule has 1 aromatic carbocycles. The molecule has 0 saturated carbocycles. The number of carbonyl (C=O) groups is 1. The second kappa shape index (κ2) is 4.38. The molecule has 0 aromatic heterocycles. The molecule has 86 valence electrons. The van der Waals surface area contributed by atoms with Crippen LogP contribution in [0.2, 0.25) is 0 Å². The van der Waals surface area contributed by atoms with E-state index in [1.165, 1.54) is 19.1 Å². The second-order valence-corrected chi connectivity index (χ2v) is 3.20. The van der Waals surface area contributed by atoms with Gasteiger partial charge in [-0.25, -0.2) is 4.79 Å². The highest BCUT2D eigenvalue weighted by Crippen LogP contribution is 2.31. The van der Waals surface area contributed by atoms with Gasteiger partial charge in [-0.1, -0.05) is 12.6 Å². The third-order valence-electron chi connectivity index (χ3n) is 1.72. The summed E-state index contributed by atoms with van der Waals surface area (Å²) < 4.78 is 41.6. The van der Waals surface area contributed by atoms with Crippen molar-refractivity contribution in [3.05, 3.63) is 42.0 Å². The molecule has 0 radical (unpaired) electrons. The first-order valence-electron chi connectivity index (χ1n) is 4.35. The molecule has 0 amide bonds. The number of hydrogen-bond acceptors (Lipinski definition) is 2. The molecule has 2 nitrogen and oxygen atoms in total. The number of alkyl halides is 3. The van der Waals surface area contributed by atoms with E-state index >= 15 is 0 Å². The summed E-state index contributed by atoms with van der Waals surface area (Å²) in [6.07, 6.45) is -4.45. The van der Waals surface area contributed by atoms with Crippen LogP contribution in [0.3, 0.4) is 0 Å².